The maximum absolute atomic E-state index is 12.5. The Hall–Kier alpha value is -3.09. The molecule has 3 rings (SSSR count). The summed E-state index contributed by atoms with van der Waals surface area (Å²) in [6.45, 7) is 5.08. The molecular formula is C20H23N3O4. The molecule has 142 valence electrons. The summed E-state index contributed by atoms with van der Waals surface area (Å²) in [6, 6.07) is 11.7. The van der Waals surface area contributed by atoms with E-state index in [0.717, 1.165) is 0 Å². The Morgan fingerprint density at radius 1 is 1.15 bits per heavy atom. The van der Waals surface area contributed by atoms with Gasteiger partial charge >= 0.3 is 6.09 Å². The lowest BCUT2D eigenvalue weighted by atomic mass is 10.1. The van der Waals surface area contributed by atoms with Gasteiger partial charge in [-0.05, 0) is 43.2 Å². The molecule has 1 aliphatic heterocycles. The van der Waals surface area contributed by atoms with Crippen LogP contribution < -0.4 is 10.9 Å². The van der Waals surface area contributed by atoms with E-state index in [1.165, 1.54) is 10.6 Å². The summed E-state index contributed by atoms with van der Waals surface area (Å²) in [4.78, 5) is 37.9. The zero-order valence-electron chi connectivity index (χ0n) is 15.4. The SMILES string of the molecule is CCOC(=O)N1C[C@@H](C)[C@@H](NC(=O)c2ccc(-n3ccccc3=O)cc2)C1. The van der Waals surface area contributed by atoms with Gasteiger partial charge < -0.3 is 15.0 Å². The molecule has 2 heterocycles. The summed E-state index contributed by atoms with van der Waals surface area (Å²) < 4.78 is 6.54. The molecule has 2 aromatic rings. The Kier molecular flexibility index (Phi) is 5.59. The van der Waals surface area contributed by atoms with E-state index in [4.69, 9.17) is 4.74 Å². The second-order valence-corrected chi connectivity index (χ2v) is 6.62. The van der Waals surface area contributed by atoms with Crippen molar-refractivity contribution in [3.05, 3.63) is 64.6 Å². The predicted molar refractivity (Wildman–Crippen MR) is 101 cm³/mol. The number of carbonyl (C=O) groups excluding carboxylic acids is 2. The molecule has 0 unspecified atom stereocenters. The van der Waals surface area contributed by atoms with Crippen molar-refractivity contribution in [2.24, 2.45) is 5.92 Å². The maximum atomic E-state index is 12.5. The molecule has 0 aliphatic carbocycles. The summed E-state index contributed by atoms with van der Waals surface area (Å²) >= 11 is 0. The molecule has 7 heteroatoms. The highest BCUT2D eigenvalue weighted by Gasteiger charge is 2.34. The first-order valence-electron chi connectivity index (χ1n) is 9.00. The second kappa shape index (κ2) is 8.07. The molecule has 1 fully saturated rings. The molecule has 2 amide bonds. The molecule has 0 radical (unpaired) electrons. The molecule has 27 heavy (non-hydrogen) atoms. The fraction of sp³-hybridized carbons (Fsp3) is 0.350. The van der Waals surface area contributed by atoms with Crippen molar-refractivity contribution in [2.45, 2.75) is 19.9 Å². The number of hydrogen-bond acceptors (Lipinski definition) is 4. The monoisotopic (exact) mass is 369 g/mol. The predicted octanol–water partition coefficient (Wildman–Crippen LogP) is 2.04. The molecule has 0 saturated carbocycles. The van der Waals surface area contributed by atoms with Crippen molar-refractivity contribution >= 4 is 12.0 Å². The Morgan fingerprint density at radius 2 is 1.89 bits per heavy atom. The Morgan fingerprint density at radius 3 is 2.56 bits per heavy atom. The standard InChI is InChI=1S/C20H23N3O4/c1-3-27-20(26)22-12-14(2)17(13-22)21-19(25)15-7-9-16(10-8-15)23-11-5-4-6-18(23)24/h4-11,14,17H,3,12-13H2,1-2H3,(H,21,25)/t14-,17+/m1/s1. The molecule has 0 spiro atoms. The fourth-order valence-corrected chi connectivity index (χ4v) is 3.18. The van der Waals surface area contributed by atoms with E-state index in [0.29, 0.717) is 30.9 Å². The number of rotatable bonds is 4. The van der Waals surface area contributed by atoms with Gasteiger partial charge in [0, 0.05) is 36.6 Å². The van der Waals surface area contributed by atoms with Crippen molar-refractivity contribution in [3.8, 4) is 5.69 Å². The zero-order valence-corrected chi connectivity index (χ0v) is 15.4. The summed E-state index contributed by atoms with van der Waals surface area (Å²) in [5, 5.41) is 2.99. The van der Waals surface area contributed by atoms with Gasteiger partial charge in [-0.1, -0.05) is 13.0 Å². The maximum Gasteiger partial charge on any atom is 0.409 e. The van der Waals surface area contributed by atoms with Gasteiger partial charge in [0.1, 0.15) is 0 Å². The quantitative estimate of drug-likeness (QED) is 0.894. The van der Waals surface area contributed by atoms with Gasteiger partial charge in [0.25, 0.3) is 11.5 Å². The van der Waals surface area contributed by atoms with Crippen molar-refractivity contribution in [3.63, 3.8) is 0 Å². The van der Waals surface area contributed by atoms with Crippen LogP contribution in [0.4, 0.5) is 4.79 Å². The van der Waals surface area contributed by atoms with Crippen LogP contribution in [-0.4, -0.2) is 47.2 Å². The van der Waals surface area contributed by atoms with Crippen LogP contribution >= 0.6 is 0 Å². The first-order chi connectivity index (χ1) is 13.0. The van der Waals surface area contributed by atoms with Crippen molar-refractivity contribution in [1.29, 1.82) is 0 Å². The fourth-order valence-electron chi connectivity index (χ4n) is 3.18. The van der Waals surface area contributed by atoms with E-state index in [-0.39, 0.29) is 29.5 Å². The minimum atomic E-state index is -0.348. The van der Waals surface area contributed by atoms with Crippen LogP contribution in [0.25, 0.3) is 5.69 Å². The molecule has 2 atom stereocenters. The highest BCUT2D eigenvalue weighted by Crippen LogP contribution is 2.18. The first-order valence-corrected chi connectivity index (χ1v) is 9.00. The number of nitrogens with zero attached hydrogens (tertiary/aromatic N) is 2. The van der Waals surface area contributed by atoms with Crippen LogP contribution in [-0.2, 0) is 4.74 Å². The van der Waals surface area contributed by atoms with Crippen LogP contribution in [0.3, 0.4) is 0 Å². The van der Waals surface area contributed by atoms with Crippen LogP contribution in [0.5, 0.6) is 0 Å². The average Bonchev–Trinajstić information content (AvgIpc) is 3.03. The van der Waals surface area contributed by atoms with Crippen molar-refractivity contribution in [1.82, 2.24) is 14.8 Å². The third-order valence-electron chi connectivity index (χ3n) is 4.68. The van der Waals surface area contributed by atoms with Crippen LogP contribution in [0, 0.1) is 5.92 Å². The van der Waals surface area contributed by atoms with E-state index in [2.05, 4.69) is 5.32 Å². The van der Waals surface area contributed by atoms with Gasteiger partial charge in [0.15, 0.2) is 0 Å². The number of benzene rings is 1. The highest BCUT2D eigenvalue weighted by atomic mass is 16.6. The third-order valence-corrected chi connectivity index (χ3v) is 4.68. The molecule has 1 aliphatic rings. The summed E-state index contributed by atoms with van der Waals surface area (Å²) in [7, 11) is 0. The number of carbonyl (C=O) groups is 2. The van der Waals surface area contributed by atoms with Crippen LogP contribution in [0.1, 0.15) is 24.2 Å². The molecule has 1 N–H and O–H groups in total. The number of pyridine rings is 1. The van der Waals surface area contributed by atoms with E-state index in [9.17, 15) is 14.4 Å². The van der Waals surface area contributed by atoms with E-state index >= 15 is 0 Å². The second-order valence-electron chi connectivity index (χ2n) is 6.62. The van der Waals surface area contributed by atoms with Crippen LogP contribution in [0.2, 0.25) is 0 Å². The number of nitrogens with one attached hydrogen (secondary N) is 1. The number of hydrogen-bond donors (Lipinski definition) is 1. The average molecular weight is 369 g/mol. The van der Waals surface area contributed by atoms with E-state index in [1.807, 2.05) is 6.92 Å². The largest absolute Gasteiger partial charge is 0.450 e. The highest BCUT2D eigenvalue weighted by molar-refractivity contribution is 5.94. The van der Waals surface area contributed by atoms with Crippen molar-refractivity contribution < 1.29 is 14.3 Å². The first kappa shape index (κ1) is 18.7. The zero-order chi connectivity index (χ0) is 19.4. The minimum Gasteiger partial charge on any atom is -0.450 e. The molecular weight excluding hydrogens is 346 g/mol. The number of likely N-dealkylation sites (tertiary alicyclic amines) is 1. The van der Waals surface area contributed by atoms with E-state index in [1.54, 1.807) is 54.4 Å². The molecule has 0 bridgehead atoms. The van der Waals surface area contributed by atoms with Crippen LogP contribution in [0.15, 0.2) is 53.5 Å². The normalized spacial score (nSPS) is 19.0. The number of ether oxygens (including phenoxy) is 1. The van der Waals surface area contributed by atoms with Gasteiger partial charge in [-0.25, -0.2) is 4.79 Å². The number of aromatic nitrogens is 1. The van der Waals surface area contributed by atoms with Gasteiger partial charge in [0.2, 0.25) is 0 Å². The van der Waals surface area contributed by atoms with Gasteiger partial charge in [0.05, 0.1) is 12.6 Å². The summed E-state index contributed by atoms with van der Waals surface area (Å²) in [5.41, 5.74) is 1.07. The molecule has 1 aromatic carbocycles. The molecule has 7 nitrogen and oxygen atoms in total. The topological polar surface area (TPSA) is 80.6 Å². The van der Waals surface area contributed by atoms with Crippen molar-refractivity contribution in [2.75, 3.05) is 19.7 Å². The minimum absolute atomic E-state index is 0.127. The van der Waals surface area contributed by atoms with Gasteiger partial charge in [-0.3, -0.25) is 14.2 Å². The lowest BCUT2D eigenvalue weighted by Crippen LogP contribution is -2.40. The third kappa shape index (κ3) is 4.19. The smallest absolute Gasteiger partial charge is 0.409 e. The Balaban J connectivity index is 1.66. The van der Waals surface area contributed by atoms with E-state index < -0.39 is 0 Å². The Labute approximate surface area is 157 Å². The lowest BCUT2D eigenvalue weighted by Gasteiger charge is -2.17. The number of amides is 2. The molecule has 1 aromatic heterocycles. The Bertz CT molecular complexity index is 875. The van der Waals surface area contributed by atoms with Gasteiger partial charge in [-0.15, -0.1) is 0 Å². The molecule has 1 saturated heterocycles. The summed E-state index contributed by atoms with van der Waals surface area (Å²) in [5.74, 6) is -0.0648. The van der Waals surface area contributed by atoms with Gasteiger partial charge in [-0.2, -0.15) is 0 Å². The summed E-state index contributed by atoms with van der Waals surface area (Å²) in [6.07, 6.45) is 1.33. The lowest BCUT2D eigenvalue weighted by molar-refractivity contribution is 0.0926.